The molecule has 14 heteroatoms. The van der Waals surface area contributed by atoms with Gasteiger partial charge in [0, 0.05) is 36.8 Å². The molecule has 44 heavy (non-hydrogen) atoms. The molecule has 0 aromatic carbocycles. The van der Waals surface area contributed by atoms with Crippen molar-refractivity contribution < 1.29 is 29.1 Å². The highest BCUT2D eigenvalue weighted by Gasteiger charge is 2.46. The number of hydrogen-bond acceptors (Lipinski definition) is 11. The van der Waals surface area contributed by atoms with Crippen molar-refractivity contribution in [3.63, 3.8) is 0 Å². The molecular formula is C30H50N8O6. The van der Waals surface area contributed by atoms with Crippen LogP contribution in [0.2, 0.25) is 0 Å². The number of likely N-dealkylation sites (tertiary alicyclic amines) is 2. The lowest BCUT2D eigenvalue weighted by Crippen LogP contribution is -2.48. The molecule has 4 heterocycles. The number of aliphatic carboxylic acids is 1. The standard InChI is InChI=1S/C9H15NO2.C8H13N3O2.C7H11NO2.C6H11N3/c1-6(2)10-8(12)5-7(11)9(10,3)4;1-5(2)8-10-9-6(3)11(8)4-7(12)13;1-5(2)8-6(9)3-4-7(8)10;1-4(2)6-7-5(3)8-9-6/h6H,5H2,1-4H3;5,9H,3-4H2,1-2H3,(H,12,13);5H,3-4H2,1-2H3;4,8H,3H2,1-2H3,(H,7,9). The molecule has 2 saturated heterocycles. The van der Waals surface area contributed by atoms with E-state index in [0.29, 0.717) is 36.2 Å². The van der Waals surface area contributed by atoms with Crippen molar-refractivity contribution in [2.24, 2.45) is 21.9 Å². The summed E-state index contributed by atoms with van der Waals surface area (Å²) in [7, 11) is 0. The Bertz CT molecular complexity index is 1190. The number of hydrazine groups is 1. The van der Waals surface area contributed by atoms with E-state index in [9.17, 15) is 24.0 Å². The highest BCUT2D eigenvalue weighted by molar-refractivity contribution is 6.09. The van der Waals surface area contributed by atoms with E-state index in [2.05, 4.69) is 53.4 Å². The fourth-order valence-corrected chi connectivity index (χ4v) is 4.73. The van der Waals surface area contributed by atoms with E-state index in [4.69, 9.17) is 5.11 Å². The molecule has 0 saturated carbocycles. The van der Waals surface area contributed by atoms with E-state index in [1.54, 1.807) is 23.6 Å². The zero-order chi connectivity index (χ0) is 34.1. The Morgan fingerprint density at radius 3 is 1.70 bits per heavy atom. The van der Waals surface area contributed by atoms with Gasteiger partial charge in [-0.1, -0.05) is 40.9 Å². The maximum absolute atomic E-state index is 11.4. The molecule has 0 unspecified atom stereocenters. The van der Waals surface area contributed by atoms with Gasteiger partial charge >= 0.3 is 5.97 Å². The molecule has 2 fully saturated rings. The van der Waals surface area contributed by atoms with Crippen LogP contribution in [0.1, 0.15) is 88.5 Å². The Balaban J connectivity index is 0.000000296. The fourth-order valence-electron chi connectivity index (χ4n) is 4.73. The van der Waals surface area contributed by atoms with Crippen LogP contribution in [0.25, 0.3) is 0 Å². The summed E-state index contributed by atoms with van der Waals surface area (Å²) in [5, 5.41) is 12.6. The third kappa shape index (κ3) is 10.2. The largest absolute Gasteiger partial charge is 0.480 e. The normalized spacial score (nSPS) is 18.8. The van der Waals surface area contributed by atoms with Crippen molar-refractivity contribution in [3.05, 3.63) is 24.8 Å². The van der Waals surface area contributed by atoms with E-state index >= 15 is 0 Å². The first-order chi connectivity index (χ1) is 20.2. The van der Waals surface area contributed by atoms with Gasteiger partial charge in [-0.3, -0.25) is 45.1 Å². The summed E-state index contributed by atoms with van der Waals surface area (Å²) in [6.45, 7) is 26.4. The molecule has 246 valence electrons. The lowest BCUT2D eigenvalue weighted by Gasteiger charge is -2.33. The average molecular weight is 619 g/mol. The van der Waals surface area contributed by atoms with Crippen LogP contribution < -0.4 is 16.3 Å². The van der Waals surface area contributed by atoms with Crippen LogP contribution in [-0.2, 0) is 24.0 Å². The van der Waals surface area contributed by atoms with Crippen LogP contribution in [0.5, 0.6) is 0 Å². The number of carboxylic acid groups (broad SMARTS) is 1. The number of ketones is 1. The van der Waals surface area contributed by atoms with Gasteiger partial charge in [0.2, 0.25) is 17.7 Å². The molecular weight excluding hydrogens is 568 g/mol. The number of imide groups is 1. The number of hydrazone groups is 1. The summed E-state index contributed by atoms with van der Waals surface area (Å²) < 4.78 is 0. The van der Waals surface area contributed by atoms with Crippen molar-refractivity contribution in [2.45, 2.75) is 106 Å². The van der Waals surface area contributed by atoms with Gasteiger partial charge in [0.05, 0.1) is 12.0 Å². The number of amides is 3. The molecule has 4 rings (SSSR count). The molecule has 0 atom stereocenters. The number of carboxylic acids is 1. The van der Waals surface area contributed by atoms with Gasteiger partial charge in [0.15, 0.2) is 5.78 Å². The van der Waals surface area contributed by atoms with Crippen molar-refractivity contribution in [2.75, 3.05) is 6.54 Å². The van der Waals surface area contributed by atoms with E-state index in [1.807, 2.05) is 41.5 Å². The van der Waals surface area contributed by atoms with E-state index in [1.165, 1.54) is 4.90 Å². The summed E-state index contributed by atoms with van der Waals surface area (Å²) >= 11 is 0. The number of aliphatic imine (C=N–C) groups is 1. The summed E-state index contributed by atoms with van der Waals surface area (Å²) in [5.41, 5.74) is 7.78. The van der Waals surface area contributed by atoms with E-state index < -0.39 is 11.5 Å². The lowest BCUT2D eigenvalue weighted by atomic mass is 10.00. The minimum atomic E-state index is -0.891. The molecule has 14 nitrogen and oxygen atoms in total. The van der Waals surface area contributed by atoms with Crippen molar-refractivity contribution in [1.29, 1.82) is 0 Å². The SMILES string of the molecule is C=C1N=C(C(C)C)NN1.C=C1NN=C(C(C)C)N1CC(=O)O.CC(C)N1C(=O)CC(=O)C1(C)C.CC(C)N1C(=O)CCC1=O. The highest BCUT2D eigenvalue weighted by atomic mass is 16.4. The summed E-state index contributed by atoms with van der Waals surface area (Å²) in [5.74, 6) is 2.56. The van der Waals surface area contributed by atoms with Gasteiger partial charge in [-0.05, 0) is 41.5 Å². The fraction of sp³-hybridized carbons (Fsp3) is 0.633. The zero-order valence-corrected chi connectivity index (χ0v) is 27.8. The van der Waals surface area contributed by atoms with Gasteiger partial charge in [0.1, 0.15) is 29.9 Å². The van der Waals surface area contributed by atoms with Crippen molar-refractivity contribution in [3.8, 4) is 0 Å². The van der Waals surface area contributed by atoms with Crippen molar-refractivity contribution in [1.82, 2.24) is 31.0 Å². The second-order valence-corrected chi connectivity index (χ2v) is 12.3. The minimum absolute atomic E-state index is 0.0278. The van der Waals surface area contributed by atoms with E-state index in [0.717, 1.165) is 5.84 Å². The molecule has 4 aliphatic heterocycles. The van der Waals surface area contributed by atoms with Crippen LogP contribution in [0.4, 0.5) is 0 Å². The van der Waals surface area contributed by atoms with Crippen molar-refractivity contribution >= 4 is 41.1 Å². The number of hydrogen-bond donors (Lipinski definition) is 4. The quantitative estimate of drug-likeness (QED) is 0.256. The number of carbonyl (C=O) groups excluding carboxylic acids is 4. The number of nitrogens with zero attached hydrogens (tertiary/aromatic N) is 5. The smallest absolute Gasteiger partial charge is 0.323 e. The maximum Gasteiger partial charge on any atom is 0.323 e. The second-order valence-electron chi connectivity index (χ2n) is 12.3. The molecule has 0 spiro atoms. The molecule has 0 aromatic heterocycles. The Labute approximate surface area is 260 Å². The molecule has 3 amide bonds. The second kappa shape index (κ2) is 16.0. The molecule has 0 aromatic rings. The lowest BCUT2D eigenvalue weighted by molar-refractivity contribution is -0.140. The Morgan fingerprint density at radius 1 is 0.886 bits per heavy atom. The Hall–Kier alpha value is -4.23. The van der Waals surface area contributed by atoms with Crippen LogP contribution in [0, 0.1) is 11.8 Å². The first-order valence-corrected chi connectivity index (χ1v) is 14.7. The maximum atomic E-state index is 11.4. The first-order valence-electron chi connectivity index (χ1n) is 14.7. The van der Waals surface area contributed by atoms with Crippen LogP contribution >= 0.6 is 0 Å². The number of amidine groups is 2. The van der Waals surface area contributed by atoms with Crippen LogP contribution in [-0.4, -0.2) is 85.1 Å². The molecule has 0 bridgehead atoms. The highest BCUT2D eigenvalue weighted by Crippen LogP contribution is 2.28. The monoisotopic (exact) mass is 618 g/mol. The molecule has 0 aliphatic carbocycles. The number of Topliss-reactive ketones (excluding diaryl/α,β-unsaturated/α-hetero) is 1. The molecule has 4 N–H and O–H groups in total. The average Bonchev–Trinajstić information content (AvgIpc) is 3.61. The van der Waals surface area contributed by atoms with Crippen LogP contribution in [0.15, 0.2) is 34.9 Å². The van der Waals surface area contributed by atoms with Gasteiger partial charge < -0.3 is 14.9 Å². The molecule has 0 radical (unpaired) electrons. The third-order valence-corrected chi connectivity index (χ3v) is 6.84. The predicted molar refractivity (Wildman–Crippen MR) is 168 cm³/mol. The zero-order valence-electron chi connectivity index (χ0n) is 27.8. The van der Waals surface area contributed by atoms with Crippen LogP contribution in [0.3, 0.4) is 0 Å². The number of nitrogens with one attached hydrogen (secondary N) is 3. The Kier molecular flexibility index (Phi) is 13.8. The number of carbonyl (C=O) groups is 5. The van der Waals surface area contributed by atoms with Gasteiger partial charge in [0.25, 0.3) is 0 Å². The first kappa shape index (κ1) is 37.8. The molecule has 4 aliphatic rings. The Morgan fingerprint density at radius 2 is 1.43 bits per heavy atom. The van der Waals surface area contributed by atoms with Gasteiger partial charge in [-0.15, -0.1) is 0 Å². The summed E-state index contributed by atoms with van der Waals surface area (Å²) in [6.07, 6.45) is 0.874. The van der Waals surface area contributed by atoms with E-state index in [-0.39, 0.29) is 54.5 Å². The van der Waals surface area contributed by atoms with Gasteiger partial charge in [-0.25, -0.2) is 4.99 Å². The minimum Gasteiger partial charge on any atom is -0.480 e. The summed E-state index contributed by atoms with van der Waals surface area (Å²) in [4.78, 5) is 63.7. The van der Waals surface area contributed by atoms with Gasteiger partial charge in [-0.2, -0.15) is 5.10 Å². The topological polar surface area (TPSA) is 176 Å². The predicted octanol–water partition coefficient (Wildman–Crippen LogP) is 2.56. The summed E-state index contributed by atoms with van der Waals surface area (Å²) in [6, 6.07) is 0.140. The third-order valence-electron chi connectivity index (χ3n) is 6.84. The number of rotatable bonds is 6.